The third-order valence-electron chi connectivity index (χ3n) is 2.62. The van der Waals surface area contributed by atoms with Crippen LogP contribution in [0.1, 0.15) is 16.7 Å². The van der Waals surface area contributed by atoms with Crippen LogP contribution in [0.15, 0.2) is 54.6 Å². The Bertz CT molecular complexity index is 587. The fourth-order valence-corrected chi connectivity index (χ4v) is 3.00. The minimum absolute atomic E-state index is 0.429. The van der Waals surface area contributed by atoms with Crippen molar-refractivity contribution in [3.63, 3.8) is 0 Å². The summed E-state index contributed by atoms with van der Waals surface area (Å²) in [7, 11) is -0.985. The minimum Gasteiger partial charge on any atom is -0.259 e. The van der Waals surface area contributed by atoms with E-state index in [2.05, 4.69) is 6.07 Å². The summed E-state index contributed by atoms with van der Waals surface area (Å²) in [6.07, 6.45) is 0. The van der Waals surface area contributed by atoms with Gasteiger partial charge in [-0.1, -0.05) is 48.5 Å². The minimum atomic E-state index is -0.985. The maximum atomic E-state index is 12.1. The van der Waals surface area contributed by atoms with Gasteiger partial charge in [0.25, 0.3) is 0 Å². The van der Waals surface area contributed by atoms with Crippen molar-refractivity contribution in [2.75, 3.05) is 0 Å². The highest BCUT2D eigenvalue weighted by Crippen LogP contribution is 2.12. The Morgan fingerprint density at radius 3 is 2.33 bits per heavy atom. The molecule has 2 rings (SSSR count). The first-order valence-electron chi connectivity index (χ1n) is 5.66. The van der Waals surface area contributed by atoms with Crippen LogP contribution >= 0.6 is 0 Å². The van der Waals surface area contributed by atoms with Crippen molar-refractivity contribution in [1.82, 2.24) is 0 Å². The average molecular weight is 255 g/mol. The third-order valence-corrected chi connectivity index (χ3v) is 3.91. The molecule has 18 heavy (non-hydrogen) atoms. The Morgan fingerprint density at radius 1 is 0.944 bits per heavy atom. The molecule has 2 aromatic carbocycles. The van der Waals surface area contributed by atoms with Crippen molar-refractivity contribution in [2.24, 2.45) is 0 Å². The summed E-state index contributed by atoms with van der Waals surface area (Å²) in [6, 6.07) is 19.2. The molecule has 1 unspecified atom stereocenters. The van der Waals surface area contributed by atoms with Gasteiger partial charge in [0, 0.05) is 16.6 Å². The van der Waals surface area contributed by atoms with Crippen LogP contribution < -0.4 is 0 Å². The lowest BCUT2D eigenvalue weighted by atomic mass is 10.1. The fourth-order valence-electron chi connectivity index (χ4n) is 1.74. The van der Waals surface area contributed by atoms with Crippen LogP contribution in [0.4, 0.5) is 0 Å². The van der Waals surface area contributed by atoms with Crippen LogP contribution in [0, 0.1) is 11.3 Å². The molecule has 2 nitrogen and oxygen atoms in total. The number of benzene rings is 2. The molecule has 0 radical (unpaired) electrons. The highest BCUT2D eigenvalue weighted by atomic mass is 32.2. The zero-order chi connectivity index (χ0) is 12.8. The van der Waals surface area contributed by atoms with Gasteiger partial charge in [-0.25, -0.2) is 0 Å². The van der Waals surface area contributed by atoms with Crippen molar-refractivity contribution >= 4 is 10.8 Å². The molecule has 0 aliphatic heterocycles. The molecule has 0 N–H and O–H groups in total. The van der Waals surface area contributed by atoms with Gasteiger partial charge in [0.1, 0.15) is 0 Å². The second-order valence-corrected chi connectivity index (χ2v) is 5.44. The first-order chi connectivity index (χ1) is 8.79. The first kappa shape index (κ1) is 12.5. The lowest BCUT2D eigenvalue weighted by Crippen LogP contribution is -2.01. The average Bonchev–Trinajstić information content (AvgIpc) is 2.40. The van der Waals surface area contributed by atoms with Gasteiger partial charge in [0.2, 0.25) is 0 Å². The topological polar surface area (TPSA) is 40.9 Å². The van der Waals surface area contributed by atoms with Gasteiger partial charge >= 0.3 is 0 Å². The van der Waals surface area contributed by atoms with Gasteiger partial charge in [-0.15, -0.1) is 0 Å². The van der Waals surface area contributed by atoms with Crippen LogP contribution in [-0.4, -0.2) is 4.21 Å². The lowest BCUT2D eigenvalue weighted by molar-refractivity contribution is 0.682. The van der Waals surface area contributed by atoms with Gasteiger partial charge in [-0.05, 0) is 17.2 Å². The molecule has 0 amide bonds. The SMILES string of the molecule is N#Cc1ccccc1CS(=O)Cc1ccccc1. The number of rotatable bonds is 4. The highest BCUT2D eigenvalue weighted by molar-refractivity contribution is 7.83. The van der Waals surface area contributed by atoms with E-state index in [0.29, 0.717) is 17.1 Å². The van der Waals surface area contributed by atoms with E-state index in [1.165, 1.54) is 0 Å². The normalized spacial score (nSPS) is 11.7. The summed E-state index contributed by atoms with van der Waals surface area (Å²) in [6.45, 7) is 0. The Labute approximate surface area is 109 Å². The number of hydrogen-bond donors (Lipinski definition) is 0. The summed E-state index contributed by atoms with van der Waals surface area (Å²) in [5.74, 6) is 0.958. The van der Waals surface area contributed by atoms with Crippen LogP contribution in [0.3, 0.4) is 0 Å². The Balaban J connectivity index is 2.06. The molecule has 0 saturated heterocycles. The van der Waals surface area contributed by atoms with Gasteiger partial charge in [-0.2, -0.15) is 5.26 Å². The number of hydrogen-bond acceptors (Lipinski definition) is 2. The largest absolute Gasteiger partial charge is 0.259 e. The molecule has 2 aromatic rings. The standard InChI is InChI=1S/C15H13NOS/c16-10-14-8-4-5-9-15(14)12-18(17)11-13-6-2-1-3-7-13/h1-9H,11-12H2. The van der Waals surface area contributed by atoms with Crippen LogP contribution in [0.25, 0.3) is 0 Å². The highest BCUT2D eigenvalue weighted by Gasteiger charge is 2.06. The summed E-state index contributed by atoms with van der Waals surface area (Å²) in [5, 5.41) is 8.97. The van der Waals surface area contributed by atoms with Gasteiger partial charge in [0.05, 0.1) is 17.4 Å². The summed E-state index contributed by atoms with van der Waals surface area (Å²) in [4.78, 5) is 0. The Hall–Kier alpha value is -1.92. The van der Waals surface area contributed by atoms with E-state index in [9.17, 15) is 4.21 Å². The molecule has 0 fully saturated rings. The Morgan fingerprint density at radius 2 is 1.61 bits per heavy atom. The molecule has 90 valence electrons. The first-order valence-corrected chi connectivity index (χ1v) is 7.15. The lowest BCUT2D eigenvalue weighted by Gasteiger charge is -2.04. The van der Waals surface area contributed by atoms with Gasteiger partial charge in [0.15, 0.2) is 0 Å². The monoisotopic (exact) mass is 255 g/mol. The third kappa shape index (κ3) is 3.28. The maximum Gasteiger partial charge on any atom is 0.0994 e. The quantitative estimate of drug-likeness (QED) is 0.842. The van der Waals surface area contributed by atoms with Crippen LogP contribution in [0.2, 0.25) is 0 Å². The molecule has 0 aliphatic carbocycles. The van der Waals surface area contributed by atoms with Crippen molar-refractivity contribution in [2.45, 2.75) is 11.5 Å². The molecule has 3 heteroatoms. The van der Waals surface area contributed by atoms with E-state index in [1.54, 1.807) is 6.07 Å². The van der Waals surface area contributed by atoms with Crippen LogP contribution in [-0.2, 0) is 22.3 Å². The summed E-state index contributed by atoms with van der Waals surface area (Å²) >= 11 is 0. The number of nitrogens with zero attached hydrogens (tertiary/aromatic N) is 1. The van der Waals surface area contributed by atoms with E-state index in [1.807, 2.05) is 48.5 Å². The molecule has 0 heterocycles. The molecule has 0 spiro atoms. The van der Waals surface area contributed by atoms with E-state index in [0.717, 1.165) is 11.1 Å². The summed E-state index contributed by atoms with van der Waals surface area (Å²) in [5.41, 5.74) is 2.53. The molecule has 0 aromatic heterocycles. The van der Waals surface area contributed by atoms with E-state index < -0.39 is 10.8 Å². The second-order valence-electron chi connectivity index (χ2n) is 3.98. The maximum absolute atomic E-state index is 12.1. The van der Waals surface area contributed by atoms with E-state index in [-0.39, 0.29) is 0 Å². The molecular weight excluding hydrogens is 242 g/mol. The van der Waals surface area contributed by atoms with Gasteiger partial charge < -0.3 is 0 Å². The molecular formula is C15H13NOS. The predicted molar refractivity (Wildman–Crippen MR) is 73.1 cm³/mol. The predicted octanol–water partition coefficient (Wildman–Crippen LogP) is 3.01. The van der Waals surface area contributed by atoms with Crippen molar-refractivity contribution < 1.29 is 4.21 Å². The van der Waals surface area contributed by atoms with Gasteiger partial charge in [-0.3, -0.25) is 4.21 Å². The molecule has 0 saturated carbocycles. The number of nitriles is 1. The zero-order valence-corrected chi connectivity index (χ0v) is 10.7. The molecule has 1 atom stereocenters. The van der Waals surface area contributed by atoms with Crippen LogP contribution in [0.5, 0.6) is 0 Å². The molecule has 0 aliphatic rings. The summed E-state index contributed by atoms with van der Waals surface area (Å²) < 4.78 is 12.1. The Kier molecular flexibility index (Phi) is 4.27. The zero-order valence-electron chi connectivity index (χ0n) is 9.87. The fraction of sp³-hybridized carbons (Fsp3) is 0.133. The van der Waals surface area contributed by atoms with Crippen molar-refractivity contribution in [3.8, 4) is 6.07 Å². The second kappa shape index (κ2) is 6.13. The molecule has 0 bridgehead atoms. The smallest absolute Gasteiger partial charge is 0.0994 e. The van der Waals surface area contributed by atoms with Crippen molar-refractivity contribution in [1.29, 1.82) is 5.26 Å². The van der Waals surface area contributed by atoms with E-state index >= 15 is 0 Å². The van der Waals surface area contributed by atoms with E-state index in [4.69, 9.17) is 5.26 Å². The van der Waals surface area contributed by atoms with Crippen molar-refractivity contribution in [3.05, 3.63) is 71.3 Å².